The zero-order valence-corrected chi connectivity index (χ0v) is 17.1. The first-order chi connectivity index (χ1) is 13.9. The summed E-state index contributed by atoms with van der Waals surface area (Å²) in [4.78, 5) is 32.0. The van der Waals surface area contributed by atoms with E-state index in [4.69, 9.17) is 4.74 Å². The summed E-state index contributed by atoms with van der Waals surface area (Å²) in [7, 11) is 1.37. The van der Waals surface area contributed by atoms with E-state index in [0.29, 0.717) is 23.4 Å². The van der Waals surface area contributed by atoms with E-state index in [1.807, 2.05) is 37.6 Å². The number of nitrogens with zero attached hydrogens (tertiary/aromatic N) is 4. The molecule has 0 fully saturated rings. The second-order valence-corrected chi connectivity index (χ2v) is 7.57. The number of anilines is 1. The maximum Gasteiger partial charge on any atom is 0.338 e. The fourth-order valence-corrected chi connectivity index (χ4v) is 3.94. The predicted octanol–water partition coefficient (Wildman–Crippen LogP) is 3.70. The van der Waals surface area contributed by atoms with Crippen LogP contribution < -0.4 is 4.90 Å². The molecular formula is C22H24N4O3. The average Bonchev–Trinajstić information content (AvgIpc) is 3.14. The Balaban J connectivity index is 1.77. The van der Waals surface area contributed by atoms with Crippen molar-refractivity contribution in [2.45, 2.75) is 39.7 Å². The first kappa shape index (κ1) is 19.1. The number of esters is 1. The zero-order valence-electron chi connectivity index (χ0n) is 17.1. The van der Waals surface area contributed by atoms with Crippen molar-refractivity contribution in [1.82, 2.24) is 14.8 Å². The first-order valence-electron chi connectivity index (χ1n) is 9.79. The van der Waals surface area contributed by atoms with Gasteiger partial charge in [0.15, 0.2) is 5.65 Å². The van der Waals surface area contributed by atoms with Crippen LogP contribution in [-0.2, 0) is 11.2 Å². The molecule has 1 amide bonds. The number of fused-ring (bicyclic) bond motifs is 2. The Morgan fingerprint density at radius 3 is 2.72 bits per heavy atom. The second-order valence-electron chi connectivity index (χ2n) is 7.57. The smallest absolute Gasteiger partial charge is 0.338 e. The van der Waals surface area contributed by atoms with Crippen LogP contribution in [0.3, 0.4) is 0 Å². The molecule has 0 radical (unpaired) electrons. The Morgan fingerprint density at radius 2 is 2.00 bits per heavy atom. The fraction of sp³-hybridized carbons (Fsp3) is 0.364. The number of rotatable bonds is 3. The largest absolute Gasteiger partial charge is 0.465 e. The minimum atomic E-state index is -0.378. The molecule has 2 aromatic heterocycles. The average molecular weight is 392 g/mol. The van der Waals surface area contributed by atoms with E-state index in [0.717, 1.165) is 35.1 Å². The topological polar surface area (TPSA) is 77.3 Å². The van der Waals surface area contributed by atoms with Crippen molar-refractivity contribution in [2.24, 2.45) is 0 Å². The van der Waals surface area contributed by atoms with Crippen LogP contribution in [0.2, 0.25) is 0 Å². The molecule has 1 aromatic carbocycles. The molecule has 150 valence electrons. The van der Waals surface area contributed by atoms with Gasteiger partial charge >= 0.3 is 5.97 Å². The van der Waals surface area contributed by atoms with Crippen LogP contribution in [0.5, 0.6) is 0 Å². The van der Waals surface area contributed by atoms with E-state index in [2.05, 4.69) is 10.1 Å². The lowest BCUT2D eigenvalue weighted by atomic mass is 9.95. The van der Waals surface area contributed by atoms with Crippen molar-refractivity contribution in [1.29, 1.82) is 0 Å². The van der Waals surface area contributed by atoms with Crippen molar-refractivity contribution in [3.63, 3.8) is 0 Å². The molecular weight excluding hydrogens is 368 g/mol. The van der Waals surface area contributed by atoms with Crippen LogP contribution in [0.1, 0.15) is 58.3 Å². The summed E-state index contributed by atoms with van der Waals surface area (Å²) in [5.41, 5.74) is 4.14. The number of aromatic nitrogens is 3. The first-order valence-corrected chi connectivity index (χ1v) is 9.79. The highest BCUT2D eigenvalue weighted by atomic mass is 16.5. The molecule has 3 aromatic rings. The van der Waals surface area contributed by atoms with Crippen LogP contribution >= 0.6 is 0 Å². The number of methoxy groups -OCH3 is 1. The Labute approximate surface area is 169 Å². The Kier molecular flexibility index (Phi) is 4.82. The minimum absolute atomic E-state index is 0.114. The molecule has 0 atom stereocenters. The summed E-state index contributed by atoms with van der Waals surface area (Å²) in [6, 6.07) is 7.48. The van der Waals surface area contributed by atoms with E-state index in [1.54, 1.807) is 23.2 Å². The van der Waals surface area contributed by atoms with E-state index in [1.165, 1.54) is 7.11 Å². The van der Waals surface area contributed by atoms with E-state index < -0.39 is 0 Å². The van der Waals surface area contributed by atoms with Gasteiger partial charge in [-0.1, -0.05) is 6.07 Å². The van der Waals surface area contributed by atoms with Gasteiger partial charge in [-0.15, -0.1) is 0 Å². The van der Waals surface area contributed by atoms with E-state index in [9.17, 15) is 9.59 Å². The number of benzene rings is 1. The third kappa shape index (κ3) is 3.16. The van der Waals surface area contributed by atoms with Gasteiger partial charge in [0.05, 0.1) is 30.1 Å². The highest BCUT2D eigenvalue weighted by Gasteiger charge is 2.28. The molecule has 0 aliphatic carbocycles. The molecule has 0 saturated carbocycles. The number of hydrogen-bond acceptors (Lipinski definition) is 5. The maximum absolute atomic E-state index is 13.5. The number of carbonyl (C=O) groups excluding carboxylic acids is 2. The van der Waals surface area contributed by atoms with Crippen LogP contribution in [0.15, 0.2) is 30.5 Å². The Bertz CT molecular complexity index is 1120. The van der Waals surface area contributed by atoms with Gasteiger partial charge in [-0.25, -0.2) is 14.5 Å². The SMILES string of the molecule is COC(=O)c1cccc2c1CCCN2C(=O)c1cc2cnn(C(C)C)c2nc1C. The van der Waals surface area contributed by atoms with Crippen molar-refractivity contribution in [2.75, 3.05) is 18.6 Å². The normalized spacial score (nSPS) is 13.6. The number of pyridine rings is 1. The van der Waals surface area contributed by atoms with Gasteiger partial charge in [0.2, 0.25) is 0 Å². The molecule has 0 unspecified atom stereocenters. The van der Waals surface area contributed by atoms with Crippen LogP contribution in [0.4, 0.5) is 5.69 Å². The number of hydrogen-bond donors (Lipinski definition) is 0. The van der Waals surface area contributed by atoms with Gasteiger partial charge in [-0.3, -0.25) is 4.79 Å². The summed E-state index contributed by atoms with van der Waals surface area (Å²) in [6.07, 6.45) is 3.27. The van der Waals surface area contributed by atoms with Crippen LogP contribution in [-0.4, -0.2) is 40.3 Å². The second kappa shape index (κ2) is 7.31. The van der Waals surface area contributed by atoms with Crippen LogP contribution in [0.25, 0.3) is 11.0 Å². The molecule has 1 aliphatic rings. The molecule has 7 nitrogen and oxygen atoms in total. The van der Waals surface area contributed by atoms with Crippen molar-refractivity contribution >= 4 is 28.6 Å². The minimum Gasteiger partial charge on any atom is -0.465 e. The molecule has 4 rings (SSSR count). The van der Waals surface area contributed by atoms with Crippen molar-refractivity contribution in [3.8, 4) is 0 Å². The molecule has 0 spiro atoms. The molecule has 0 bridgehead atoms. The highest BCUT2D eigenvalue weighted by molar-refractivity contribution is 6.09. The summed E-state index contributed by atoms with van der Waals surface area (Å²) in [5, 5.41) is 5.24. The van der Waals surface area contributed by atoms with Crippen LogP contribution in [0, 0.1) is 6.92 Å². The summed E-state index contributed by atoms with van der Waals surface area (Å²) < 4.78 is 6.77. The molecule has 1 aliphatic heterocycles. The third-order valence-electron chi connectivity index (χ3n) is 5.38. The van der Waals surface area contributed by atoms with Gasteiger partial charge in [0.1, 0.15) is 0 Å². The van der Waals surface area contributed by atoms with Gasteiger partial charge in [-0.2, -0.15) is 5.10 Å². The Hall–Kier alpha value is -3.22. The number of carbonyl (C=O) groups is 2. The molecule has 0 saturated heterocycles. The number of ether oxygens (including phenoxy) is 1. The van der Waals surface area contributed by atoms with Gasteiger partial charge in [0, 0.05) is 23.7 Å². The number of aryl methyl sites for hydroxylation is 1. The van der Waals surface area contributed by atoms with Crippen molar-refractivity contribution in [3.05, 3.63) is 52.8 Å². The van der Waals surface area contributed by atoms with Gasteiger partial charge < -0.3 is 9.64 Å². The lowest BCUT2D eigenvalue weighted by Crippen LogP contribution is -2.36. The predicted molar refractivity (Wildman–Crippen MR) is 110 cm³/mol. The summed E-state index contributed by atoms with van der Waals surface area (Å²) in [6.45, 7) is 6.54. The lowest BCUT2D eigenvalue weighted by molar-refractivity contribution is 0.0599. The van der Waals surface area contributed by atoms with Gasteiger partial charge in [0.25, 0.3) is 5.91 Å². The monoisotopic (exact) mass is 392 g/mol. The summed E-state index contributed by atoms with van der Waals surface area (Å²) in [5.74, 6) is -0.492. The molecule has 3 heterocycles. The third-order valence-corrected chi connectivity index (χ3v) is 5.38. The lowest BCUT2D eigenvalue weighted by Gasteiger charge is -2.30. The molecule has 7 heteroatoms. The Morgan fingerprint density at radius 1 is 1.21 bits per heavy atom. The molecule has 29 heavy (non-hydrogen) atoms. The standard InChI is InChI=1S/C22H24N4O3/c1-13(2)26-20-15(12-23-26)11-18(14(3)24-20)21(27)25-10-6-8-16-17(22(28)29-4)7-5-9-19(16)25/h5,7,9,11-13H,6,8,10H2,1-4H3. The van der Waals surface area contributed by atoms with Gasteiger partial charge in [-0.05, 0) is 57.4 Å². The fourth-order valence-electron chi connectivity index (χ4n) is 3.94. The van der Waals surface area contributed by atoms with Crippen molar-refractivity contribution < 1.29 is 14.3 Å². The number of amides is 1. The van der Waals surface area contributed by atoms with E-state index in [-0.39, 0.29) is 17.9 Å². The quantitative estimate of drug-likeness (QED) is 0.635. The maximum atomic E-state index is 13.5. The van der Waals surface area contributed by atoms with E-state index >= 15 is 0 Å². The highest BCUT2D eigenvalue weighted by Crippen LogP contribution is 2.32. The summed E-state index contributed by atoms with van der Waals surface area (Å²) >= 11 is 0. The zero-order chi connectivity index (χ0) is 20.7. The molecule has 0 N–H and O–H groups in total.